The molecular weight excluding hydrogens is 312 g/mol. The molecule has 1 heterocycles. The molecule has 0 radical (unpaired) electrons. The van der Waals surface area contributed by atoms with E-state index in [1.165, 1.54) is 23.3 Å². The summed E-state index contributed by atoms with van der Waals surface area (Å²) in [6.45, 7) is 2.03. The van der Waals surface area contributed by atoms with Crippen LogP contribution in [0.15, 0.2) is 34.3 Å². The van der Waals surface area contributed by atoms with E-state index in [0.29, 0.717) is 21.7 Å². The summed E-state index contributed by atoms with van der Waals surface area (Å²) >= 11 is 4.21. The molecule has 8 heteroatoms. The van der Waals surface area contributed by atoms with Gasteiger partial charge in [-0.05, 0) is 30.0 Å². The van der Waals surface area contributed by atoms with Crippen LogP contribution < -0.4 is 11.1 Å². The summed E-state index contributed by atoms with van der Waals surface area (Å²) < 4.78 is 4.15. The fraction of sp³-hybridized carbons (Fsp3) is 0.250. The number of nitrogens with one attached hydrogen (secondary N) is 1. The maximum atomic E-state index is 11.8. The molecule has 5 nitrogen and oxygen atoms in total. The first kappa shape index (κ1) is 15.1. The molecule has 106 valence electrons. The smallest absolute Gasteiger partial charge is 0.236 e. The molecule has 1 amide bonds. The van der Waals surface area contributed by atoms with Crippen molar-refractivity contribution in [3.8, 4) is 0 Å². The van der Waals surface area contributed by atoms with Gasteiger partial charge in [0, 0.05) is 22.1 Å². The average molecular weight is 326 g/mol. The van der Waals surface area contributed by atoms with Gasteiger partial charge in [0.2, 0.25) is 16.2 Å². The standard InChI is InChI=1S/C12H14N4OS3/c1-2-18-12-15-11(20-16-12)14-10(17)7-19-9-5-3-8(13)4-6-9/h3-6H,2,7,13H2,1H3,(H,14,15,16,17). The number of nitrogens with zero attached hydrogens (tertiary/aromatic N) is 2. The van der Waals surface area contributed by atoms with Crippen LogP contribution in [0.4, 0.5) is 10.8 Å². The maximum absolute atomic E-state index is 11.8. The average Bonchev–Trinajstić information content (AvgIpc) is 2.86. The van der Waals surface area contributed by atoms with E-state index in [1.807, 2.05) is 31.2 Å². The molecule has 0 unspecified atom stereocenters. The van der Waals surface area contributed by atoms with Gasteiger partial charge in [0.1, 0.15) is 0 Å². The zero-order valence-electron chi connectivity index (χ0n) is 10.8. The number of aromatic nitrogens is 2. The summed E-state index contributed by atoms with van der Waals surface area (Å²) in [6, 6.07) is 7.43. The Balaban J connectivity index is 1.81. The lowest BCUT2D eigenvalue weighted by molar-refractivity contribution is -0.113. The number of carbonyl (C=O) groups is 1. The Kier molecular flexibility index (Phi) is 5.69. The number of hydrogen-bond acceptors (Lipinski definition) is 7. The normalized spacial score (nSPS) is 10.4. The van der Waals surface area contributed by atoms with Gasteiger partial charge < -0.3 is 5.73 Å². The fourth-order valence-corrected chi connectivity index (χ4v) is 3.30. The molecule has 3 N–H and O–H groups in total. The number of benzene rings is 1. The number of carbonyl (C=O) groups excluding carboxylic acids is 1. The summed E-state index contributed by atoms with van der Waals surface area (Å²) in [5.74, 6) is 1.16. The van der Waals surface area contributed by atoms with Crippen LogP contribution in [0.25, 0.3) is 0 Å². The molecular formula is C12H14N4OS3. The minimum atomic E-state index is -0.0870. The van der Waals surface area contributed by atoms with Crippen molar-refractivity contribution in [3.63, 3.8) is 0 Å². The first-order valence-corrected chi connectivity index (χ1v) is 8.66. The molecule has 2 aromatic rings. The number of thioether (sulfide) groups is 2. The highest BCUT2D eigenvalue weighted by Crippen LogP contribution is 2.21. The largest absolute Gasteiger partial charge is 0.399 e. The molecule has 0 aliphatic rings. The number of nitrogen functional groups attached to an aromatic ring is 1. The van der Waals surface area contributed by atoms with Crippen molar-refractivity contribution in [2.75, 3.05) is 22.6 Å². The highest BCUT2D eigenvalue weighted by atomic mass is 32.2. The van der Waals surface area contributed by atoms with Crippen LogP contribution >= 0.6 is 35.1 Å². The highest BCUT2D eigenvalue weighted by molar-refractivity contribution is 8.00. The molecule has 0 saturated carbocycles. The van der Waals surface area contributed by atoms with Crippen LogP contribution in [-0.4, -0.2) is 26.8 Å². The Hall–Kier alpha value is -1.25. The van der Waals surface area contributed by atoms with E-state index >= 15 is 0 Å². The highest BCUT2D eigenvalue weighted by Gasteiger charge is 2.08. The van der Waals surface area contributed by atoms with Gasteiger partial charge in [0.05, 0.1) is 5.75 Å². The molecule has 0 aliphatic heterocycles. The Bertz CT molecular complexity index is 570. The van der Waals surface area contributed by atoms with E-state index in [9.17, 15) is 4.79 Å². The number of nitrogens with two attached hydrogens (primary N) is 1. The van der Waals surface area contributed by atoms with Crippen LogP contribution in [-0.2, 0) is 4.79 Å². The van der Waals surface area contributed by atoms with Crippen molar-refractivity contribution in [1.29, 1.82) is 0 Å². The van der Waals surface area contributed by atoms with Crippen molar-refractivity contribution in [2.24, 2.45) is 0 Å². The van der Waals surface area contributed by atoms with Gasteiger partial charge in [-0.2, -0.15) is 9.36 Å². The summed E-state index contributed by atoms with van der Waals surface area (Å²) in [6.07, 6.45) is 0. The third-order valence-electron chi connectivity index (χ3n) is 2.18. The second kappa shape index (κ2) is 7.51. The van der Waals surface area contributed by atoms with E-state index < -0.39 is 0 Å². The van der Waals surface area contributed by atoms with Crippen molar-refractivity contribution in [2.45, 2.75) is 17.0 Å². The summed E-state index contributed by atoms with van der Waals surface area (Å²) in [4.78, 5) is 17.0. The van der Waals surface area contributed by atoms with E-state index in [2.05, 4.69) is 14.7 Å². The van der Waals surface area contributed by atoms with Crippen molar-refractivity contribution >= 4 is 51.8 Å². The fourth-order valence-electron chi connectivity index (χ4n) is 1.32. The quantitative estimate of drug-likeness (QED) is 0.627. The van der Waals surface area contributed by atoms with Gasteiger partial charge >= 0.3 is 0 Å². The van der Waals surface area contributed by atoms with Crippen molar-refractivity contribution < 1.29 is 4.79 Å². The first-order chi connectivity index (χ1) is 9.67. The molecule has 0 aliphatic carbocycles. The van der Waals surface area contributed by atoms with Crippen molar-refractivity contribution in [1.82, 2.24) is 9.36 Å². The monoisotopic (exact) mass is 326 g/mol. The van der Waals surface area contributed by atoms with Gasteiger partial charge in [-0.3, -0.25) is 10.1 Å². The van der Waals surface area contributed by atoms with Crippen LogP contribution in [0.5, 0.6) is 0 Å². The lowest BCUT2D eigenvalue weighted by Crippen LogP contribution is -2.13. The minimum absolute atomic E-state index is 0.0870. The summed E-state index contributed by atoms with van der Waals surface area (Å²) in [7, 11) is 0. The van der Waals surface area contributed by atoms with Crippen LogP contribution in [0.3, 0.4) is 0 Å². The SMILES string of the molecule is CCSc1nsc(NC(=O)CSc2ccc(N)cc2)n1. The molecule has 2 rings (SSSR count). The van der Waals surface area contributed by atoms with Crippen LogP contribution in [0.2, 0.25) is 0 Å². The third-order valence-corrected chi connectivity index (χ3v) is 4.66. The van der Waals surface area contributed by atoms with Crippen LogP contribution in [0.1, 0.15) is 6.92 Å². The lowest BCUT2D eigenvalue weighted by Gasteiger charge is -2.02. The number of rotatable bonds is 6. The van der Waals surface area contributed by atoms with Gasteiger partial charge in [0.15, 0.2) is 0 Å². The second-order valence-corrected chi connectivity index (χ2v) is 6.75. The van der Waals surface area contributed by atoms with Gasteiger partial charge in [-0.1, -0.05) is 18.7 Å². The van der Waals surface area contributed by atoms with Gasteiger partial charge in [-0.25, -0.2) is 0 Å². The van der Waals surface area contributed by atoms with Crippen LogP contribution in [0, 0.1) is 0 Å². The molecule has 0 saturated heterocycles. The maximum Gasteiger partial charge on any atom is 0.236 e. The Morgan fingerprint density at radius 3 is 2.80 bits per heavy atom. The van der Waals surface area contributed by atoms with Gasteiger partial charge in [0.25, 0.3) is 0 Å². The predicted octanol–water partition coefficient (Wildman–Crippen LogP) is 2.96. The predicted molar refractivity (Wildman–Crippen MR) is 86.5 cm³/mol. The number of amides is 1. The summed E-state index contributed by atoms with van der Waals surface area (Å²) in [5, 5.41) is 4.00. The molecule has 0 bridgehead atoms. The Morgan fingerprint density at radius 2 is 2.10 bits per heavy atom. The first-order valence-electron chi connectivity index (χ1n) is 5.92. The van der Waals surface area contributed by atoms with E-state index in [-0.39, 0.29) is 5.91 Å². The Morgan fingerprint density at radius 1 is 1.35 bits per heavy atom. The Labute approximate surface area is 129 Å². The van der Waals surface area contributed by atoms with E-state index in [4.69, 9.17) is 5.73 Å². The van der Waals surface area contributed by atoms with Crippen molar-refractivity contribution in [3.05, 3.63) is 24.3 Å². The minimum Gasteiger partial charge on any atom is -0.399 e. The molecule has 1 aromatic heterocycles. The summed E-state index contributed by atoms with van der Waals surface area (Å²) in [5.41, 5.74) is 6.32. The van der Waals surface area contributed by atoms with E-state index in [1.54, 1.807) is 11.8 Å². The lowest BCUT2D eigenvalue weighted by atomic mass is 10.3. The zero-order chi connectivity index (χ0) is 14.4. The van der Waals surface area contributed by atoms with Gasteiger partial charge in [-0.15, -0.1) is 11.8 Å². The second-order valence-electron chi connectivity index (χ2n) is 3.72. The molecule has 0 atom stereocenters. The molecule has 1 aromatic carbocycles. The topological polar surface area (TPSA) is 80.9 Å². The zero-order valence-corrected chi connectivity index (χ0v) is 13.3. The third kappa shape index (κ3) is 4.69. The van der Waals surface area contributed by atoms with E-state index in [0.717, 1.165) is 10.6 Å². The molecule has 0 fully saturated rings. The molecule has 20 heavy (non-hydrogen) atoms. The number of hydrogen-bond donors (Lipinski definition) is 2. The molecule has 0 spiro atoms. The number of anilines is 2.